The van der Waals surface area contributed by atoms with Gasteiger partial charge in [-0.3, -0.25) is 0 Å². The van der Waals surface area contributed by atoms with Crippen molar-refractivity contribution in [2.45, 2.75) is 18.9 Å². The molecule has 2 nitrogen and oxygen atoms in total. The van der Waals surface area contributed by atoms with E-state index in [4.69, 9.17) is 5.11 Å². The molecule has 1 fully saturated rings. The molecule has 2 N–H and O–H groups in total. The molecule has 0 aromatic heterocycles. The standard InChI is InChI=1S/C6H13NO/c1-7-4-2-3-6(7)5-8/h6,8H,2-5H2,1H3/p+1. The molecular weight excluding hydrogens is 102 g/mol. The van der Waals surface area contributed by atoms with Crippen LogP contribution in [0.3, 0.4) is 0 Å². The van der Waals surface area contributed by atoms with E-state index in [9.17, 15) is 0 Å². The number of nitrogens with one attached hydrogen (secondary N) is 1. The smallest absolute Gasteiger partial charge is 0.111 e. The van der Waals surface area contributed by atoms with E-state index in [-0.39, 0.29) is 0 Å². The van der Waals surface area contributed by atoms with Gasteiger partial charge in [-0.1, -0.05) is 0 Å². The lowest BCUT2D eigenvalue weighted by Gasteiger charge is -2.12. The van der Waals surface area contributed by atoms with Gasteiger partial charge in [-0.15, -0.1) is 0 Å². The number of hydrogen-bond acceptors (Lipinski definition) is 1. The van der Waals surface area contributed by atoms with E-state index >= 15 is 0 Å². The molecule has 0 saturated carbocycles. The predicted molar refractivity (Wildman–Crippen MR) is 31.9 cm³/mol. The first kappa shape index (κ1) is 6.05. The highest BCUT2D eigenvalue weighted by molar-refractivity contribution is 4.58. The van der Waals surface area contributed by atoms with Crippen LogP contribution in [0, 0.1) is 0 Å². The zero-order chi connectivity index (χ0) is 5.98. The van der Waals surface area contributed by atoms with Crippen LogP contribution in [0.2, 0.25) is 0 Å². The lowest BCUT2D eigenvalue weighted by molar-refractivity contribution is -0.892. The van der Waals surface area contributed by atoms with Crippen LogP contribution in [-0.2, 0) is 0 Å². The third kappa shape index (κ3) is 1.01. The Hall–Kier alpha value is -0.0800. The lowest BCUT2D eigenvalue weighted by atomic mass is 10.2. The molecule has 1 rings (SSSR count). The number of hydrogen-bond donors (Lipinski definition) is 2. The molecule has 1 aliphatic rings. The Morgan fingerprint density at radius 2 is 2.50 bits per heavy atom. The molecule has 0 amide bonds. The molecule has 0 aromatic carbocycles. The summed E-state index contributed by atoms with van der Waals surface area (Å²) in [5.41, 5.74) is 0. The second-order valence-electron chi connectivity index (χ2n) is 2.62. The van der Waals surface area contributed by atoms with Crippen molar-refractivity contribution in [2.75, 3.05) is 20.2 Å². The van der Waals surface area contributed by atoms with Crippen LogP contribution in [0.5, 0.6) is 0 Å². The molecule has 0 aromatic rings. The van der Waals surface area contributed by atoms with Crippen molar-refractivity contribution in [3.05, 3.63) is 0 Å². The molecule has 48 valence electrons. The second kappa shape index (κ2) is 2.46. The van der Waals surface area contributed by atoms with E-state index in [1.165, 1.54) is 24.3 Å². The fraction of sp³-hybridized carbons (Fsp3) is 1.00. The Balaban J connectivity index is 2.30. The van der Waals surface area contributed by atoms with Gasteiger partial charge in [-0.2, -0.15) is 0 Å². The second-order valence-corrected chi connectivity index (χ2v) is 2.62. The Labute approximate surface area is 50.1 Å². The summed E-state index contributed by atoms with van der Waals surface area (Å²) < 4.78 is 0. The SMILES string of the molecule is C[NH+]1CCCC1CO. The lowest BCUT2D eigenvalue weighted by Crippen LogP contribution is -3.11. The van der Waals surface area contributed by atoms with Crippen molar-refractivity contribution >= 4 is 0 Å². The molecule has 1 saturated heterocycles. The summed E-state index contributed by atoms with van der Waals surface area (Å²) >= 11 is 0. The third-order valence-electron chi connectivity index (χ3n) is 2.04. The van der Waals surface area contributed by atoms with Gasteiger partial charge in [-0.05, 0) is 0 Å². The fourth-order valence-corrected chi connectivity index (χ4v) is 1.32. The van der Waals surface area contributed by atoms with E-state index in [2.05, 4.69) is 7.05 Å². The molecule has 0 aliphatic carbocycles. The minimum Gasteiger partial charge on any atom is -0.390 e. The molecule has 1 heterocycles. The minimum absolute atomic E-state index is 0.367. The molecular formula is C6H14NO+. The van der Waals surface area contributed by atoms with Crippen molar-refractivity contribution < 1.29 is 10.0 Å². The van der Waals surface area contributed by atoms with Gasteiger partial charge < -0.3 is 10.0 Å². The number of likely N-dealkylation sites (N-methyl/N-ethyl adjacent to an activating group) is 1. The van der Waals surface area contributed by atoms with Crippen molar-refractivity contribution in [1.82, 2.24) is 0 Å². The van der Waals surface area contributed by atoms with Crippen LogP contribution in [-0.4, -0.2) is 31.3 Å². The predicted octanol–water partition coefficient (Wildman–Crippen LogP) is -1.34. The van der Waals surface area contributed by atoms with E-state index in [1.54, 1.807) is 0 Å². The monoisotopic (exact) mass is 116 g/mol. The van der Waals surface area contributed by atoms with Gasteiger partial charge in [0.2, 0.25) is 0 Å². The van der Waals surface area contributed by atoms with Gasteiger partial charge in [0.1, 0.15) is 6.04 Å². The van der Waals surface area contributed by atoms with Gasteiger partial charge in [0.05, 0.1) is 20.2 Å². The van der Waals surface area contributed by atoms with Crippen molar-refractivity contribution in [1.29, 1.82) is 0 Å². The summed E-state index contributed by atoms with van der Waals surface area (Å²) in [6, 6.07) is 0.537. The molecule has 0 bridgehead atoms. The van der Waals surface area contributed by atoms with Crippen molar-refractivity contribution in [3.63, 3.8) is 0 Å². The topological polar surface area (TPSA) is 24.7 Å². The molecule has 0 spiro atoms. The highest BCUT2D eigenvalue weighted by atomic mass is 16.3. The maximum Gasteiger partial charge on any atom is 0.111 e. The maximum atomic E-state index is 8.72. The van der Waals surface area contributed by atoms with Crippen LogP contribution in [0.1, 0.15) is 12.8 Å². The number of likely N-dealkylation sites (tertiary alicyclic amines) is 1. The van der Waals surface area contributed by atoms with Crippen LogP contribution in [0.25, 0.3) is 0 Å². The van der Waals surface area contributed by atoms with Gasteiger partial charge in [0, 0.05) is 12.8 Å². The van der Waals surface area contributed by atoms with E-state index in [0.29, 0.717) is 12.6 Å². The first-order chi connectivity index (χ1) is 3.84. The fourth-order valence-electron chi connectivity index (χ4n) is 1.32. The van der Waals surface area contributed by atoms with Gasteiger partial charge in [-0.25, -0.2) is 0 Å². The number of quaternary nitrogens is 1. The number of aliphatic hydroxyl groups is 1. The zero-order valence-electron chi connectivity index (χ0n) is 5.35. The van der Waals surface area contributed by atoms with Crippen molar-refractivity contribution in [2.24, 2.45) is 0 Å². The van der Waals surface area contributed by atoms with Crippen LogP contribution in [0.15, 0.2) is 0 Å². The van der Waals surface area contributed by atoms with Crippen molar-refractivity contribution in [3.8, 4) is 0 Å². The molecule has 0 radical (unpaired) electrons. The Morgan fingerprint density at radius 1 is 1.75 bits per heavy atom. The number of aliphatic hydroxyl groups excluding tert-OH is 1. The maximum absolute atomic E-state index is 8.72. The summed E-state index contributed by atoms with van der Waals surface area (Å²) in [6.45, 7) is 1.61. The van der Waals surface area contributed by atoms with E-state index < -0.39 is 0 Å². The summed E-state index contributed by atoms with van der Waals surface area (Å²) in [5, 5.41) is 8.72. The third-order valence-corrected chi connectivity index (χ3v) is 2.04. The van der Waals surface area contributed by atoms with Gasteiger partial charge in [0.15, 0.2) is 0 Å². The van der Waals surface area contributed by atoms with Gasteiger partial charge >= 0.3 is 0 Å². The summed E-state index contributed by atoms with van der Waals surface area (Å²) in [6.07, 6.45) is 2.50. The summed E-state index contributed by atoms with van der Waals surface area (Å²) in [4.78, 5) is 1.49. The minimum atomic E-state index is 0.367. The van der Waals surface area contributed by atoms with Crippen LogP contribution in [0.4, 0.5) is 0 Å². The van der Waals surface area contributed by atoms with Gasteiger partial charge in [0.25, 0.3) is 0 Å². The van der Waals surface area contributed by atoms with Crippen LogP contribution >= 0.6 is 0 Å². The summed E-state index contributed by atoms with van der Waals surface area (Å²) in [5.74, 6) is 0. The molecule has 1 aliphatic heterocycles. The Bertz CT molecular complexity index is 74.9. The molecule has 8 heavy (non-hydrogen) atoms. The molecule has 2 unspecified atom stereocenters. The largest absolute Gasteiger partial charge is 0.390 e. The highest BCUT2D eigenvalue weighted by Crippen LogP contribution is 1.96. The molecule has 2 heteroatoms. The van der Waals surface area contributed by atoms with E-state index in [0.717, 1.165) is 0 Å². The average Bonchev–Trinajstić information content (AvgIpc) is 2.14. The number of rotatable bonds is 1. The first-order valence-corrected chi connectivity index (χ1v) is 3.27. The Morgan fingerprint density at radius 3 is 2.75 bits per heavy atom. The summed E-state index contributed by atoms with van der Waals surface area (Å²) in [7, 11) is 2.15. The zero-order valence-corrected chi connectivity index (χ0v) is 5.35. The Kier molecular flexibility index (Phi) is 1.86. The van der Waals surface area contributed by atoms with Crippen LogP contribution < -0.4 is 4.90 Å². The molecule has 2 atom stereocenters. The quantitative estimate of drug-likeness (QED) is 0.435. The van der Waals surface area contributed by atoms with E-state index in [1.807, 2.05) is 0 Å². The first-order valence-electron chi connectivity index (χ1n) is 3.27. The highest BCUT2D eigenvalue weighted by Gasteiger charge is 2.22. The average molecular weight is 116 g/mol. The normalized spacial score (nSPS) is 38.2.